The second-order valence-corrected chi connectivity index (χ2v) is 8.39. The molecule has 34 heavy (non-hydrogen) atoms. The Bertz CT molecular complexity index is 1360. The van der Waals surface area contributed by atoms with E-state index in [4.69, 9.17) is 4.74 Å². The Labute approximate surface area is 196 Å². The highest BCUT2D eigenvalue weighted by atomic mass is 16.5. The first-order valence-corrected chi connectivity index (χ1v) is 11.2. The van der Waals surface area contributed by atoms with Gasteiger partial charge in [-0.15, -0.1) is 0 Å². The molecule has 1 aliphatic heterocycles. The number of nitrogens with zero attached hydrogens (tertiary/aromatic N) is 4. The number of ether oxygens (including phenoxy) is 1. The summed E-state index contributed by atoms with van der Waals surface area (Å²) in [7, 11) is 1.76. The molecule has 1 aromatic carbocycles. The number of carbonyl (C=O) groups excluding carboxylic acids is 2. The first kappa shape index (κ1) is 21.8. The second kappa shape index (κ2) is 9.11. The van der Waals surface area contributed by atoms with Crippen LogP contribution in [0, 0.1) is 6.92 Å². The summed E-state index contributed by atoms with van der Waals surface area (Å²) in [6, 6.07) is 15.4. The number of hydrogen-bond donors (Lipinski definition) is 2. The van der Waals surface area contributed by atoms with E-state index >= 15 is 0 Å². The number of amides is 2. The normalized spacial score (nSPS) is 15.2. The number of aryl methyl sites for hydroxylation is 2. The molecular formula is C25H26N6O3. The molecule has 3 aromatic heterocycles. The van der Waals surface area contributed by atoms with E-state index in [0.29, 0.717) is 43.2 Å². The lowest BCUT2D eigenvalue weighted by molar-refractivity contribution is 0.0264. The fourth-order valence-electron chi connectivity index (χ4n) is 4.39. The van der Waals surface area contributed by atoms with Crippen LogP contribution >= 0.6 is 0 Å². The van der Waals surface area contributed by atoms with Gasteiger partial charge in [0.15, 0.2) is 0 Å². The standard InChI is InChI=1S/C25H26N6O3/c1-16-22(31-11-7-6-10-21(31)28-16)24(32)27-14-18-12-19-20(15-34-18)29-30(2)23(19)25(33)26-13-17-8-4-3-5-9-17/h3-11,18H,12-15H2,1-2H3,(H,26,33)(H,27,32). The van der Waals surface area contributed by atoms with Crippen molar-refractivity contribution < 1.29 is 14.3 Å². The zero-order valence-corrected chi connectivity index (χ0v) is 19.1. The quantitative estimate of drug-likeness (QED) is 0.461. The maximum Gasteiger partial charge on any atom is 0.270 e. The van der Waals surface area contributed by atoms with Gasteiger partial charge in [-0.3, -0.25) is 18.7 Å². The molecule has 0 aliphatic carbocycles. The van der Waals surface area contributed by atoms with Gasteiger partial charge in [0.05, 0.1) is 24.1 Å². The molecule has 0 bridgehead atoms. The summed E-state index contributed by atoms with van der Waals surface area (Å²) in [5.74, 6) is -0.385. The van der Waals surface area contributed by atoms with Gasteiger partial charge in [0.1, 0.15) is 17.0 Å². The summed E-state index contributed by atoms with van der Waals surface area (Å²) in [5, 5.41) is 10.4. The zero-order chi connectivity index (χ0) is 23.7. The monoisotopic (exact) mass is 458 g/mol. The number of nitrogens with one attached hydrogen (secondary N) is 2. The van der Waals surface area contributed by atoms with Gasteiger partial charge in [-0.1, -0.05) is 36.4 Å². The topological polar surface area (TPSA) is 103 Å². The Morgan fingerprint density at radius 3 is 2.65 bits per heavy atom. The third-order valence-electron chi connectivity index (χ3n) is 6.04. The molecule has 174 valence electrons. The fraction of sp³-hybridized carbons (Fsp3) is 0.280. The zero-order valence-electron chi connectivity index (χ0n) is 19.1. The van der Waals surface area contributed by atoms with E-state index in [9.17, 15) is 9.59 Å². The van der Waals surface area contributed by atoms with Gasteiger partial charge in [-0.05, 0) is 24.6 Å². The lowest BCUT2D eigenvalue weighted by atomic mass is 10.0. The van der Waals surface area contributed by atoms with Gasteiger partial charge in [0.2, 0.25) is 0 Å². The van der Waals surface area contributed by atoms with Crippen molar-refractivity contribution in [3.05, 3.63) is 88.6 Å². The van der Waals surface area contributed by atoms with Crippen LogP contribution in [0.1, 0.15) is 43.5 Å². The number of rotatable bonds is 6. The van der Waals surface area contributed by atoms with Crippen molar-refractivity contribution in [2.75, 3.05) is 6.54 Å². The lowest BCUT2D eigenvalue weighted by Gasteiger charge is -2.23. The van der Waals surface area contributed by atoms with Crippen LogP contribution in [0.3, 0.4) is 0 Å². The van der Waals surface area contributed by atoms with E-state index in [-0.39, 0.29) is 17.9 Å². The number of imidazole rings is 1. The molecule has 1 aliphatic rings. The van der Waals surface area contributed by atoms with Gasteiger partial charge < -0.3 is 15.4 Å². The molecule has 4 heterocycles. The second-order valence-electron chi connectivity index (χ2n) is 8.39. The first-order valence-electron chi connectivity index (χ1n) is 11.2. The third kappa shape index (κ3) is 4.17. The van der Waals surface area contributed by atoms with Crippen LogP contribution in [0.2, 0.25) is 0 Å². The molecule has 9 heteroatoms. The Kier molecular flexibility index (Phi) is 5.85. The highest BCUT2D eigenvalue weighted by Crippen LogP contribution is 2.23. The fourth-order valence-corrected chi connectivity index (χ4v) is 4.39. The molecule has 1 unspecified atom stereocenters. The smallest absolute Gasteiger partial charge is 0.270 e. The molecule has 0 saturated carbocycles. The Morgan fingerprint density at radius 2 is 1.82 bits per heavy atom. The average molecular weight is 459 g/mol. The van der Waals surface area contributed by atoms with E-state index in [1.807, 2.05) is 61.7 Å². The number of fused-ring (bicyclic) bond motifs is 2. The highest BCUT2D eigenvalue weighted by Gasteiger charge is 2.29. The van der Waals surface area contributed by atoms with Crippen LogP contribution in [0.25, 0.3) is 5.65 Å². The minimum atomic E-state index is -0.263. The van der Waals surface area contributed by atoms with Crippen molar-refractivity contribution in [2.24, 2.45) is 7.05 Å². The van der Waals surface area contributed by atoms with Gasteiger partial charge in [-0.25, -0.2) is 4.98 Å². The van der Waals surface area contributed by atoms with Crippen LogP contribution < -0.4 is 10.6 Å². The highest BCUT2D eigenvalue weighted by molar-refractivity contribution is 5.95. The molecule has 0 saturated heterocycles. The van der Waals surface area contributed by atoms with E-state index in [1.54, 1.807) is 16.1 Å². The molecule has 2 amide bonds. The molecule has 1 atom stereocenters. The average Bonchev–Trinajstić information content (AvgIpc) is 3.36. The number of benzene rings is 1. The SMILES string of the molecule is Cc1nc2ccccn2c1C(=O)NCC1Cc2c(nn(C)c2C(=O)NCc2ccccc2)CO1. The third-order valence-corrected chi connectivity index (χ3v) is 6.04. The summed E-state index contributed by atoms with van der Waals surface area (Å²) in [5.41, 5.74) is 5.08. The van der Waals surface area contributed by atoms with Crippen LogP contribution in [0.4, 0.5) is 0 Å². The molecule has 0 fully saturated rings. The van der Waals surface area contributed by atoms with Gasteiger partial charge in [-0.2, -0.15) is 5.10 Å². The maximum absolute atomic E-state index is 13.0. The summed E-state index contributed by atoms with van der Waals surface area (Å²) in [4.78, 5) is 30.3. The molecule has 0 radical (unpaired) electrons. The Balaban J connectivity index is 1.26. The number of hydrogen-bond acceptors (Lipinski definition) is 5. The van der Waals surface area contributed by atoms with Crippen molar-refractivity contribution >= 4 is 17.5 Å². The molecule has 9 nitrogen and oxygen atoms in total. The minimum absolute atomic E-state index is 0.175. The summed E-state index contributed by atoms with van der Waals surface area (Å²) >= 11 is 0. The molecule has 2 N–H and O–H groups in total. The van der Waals surface area contributed by atoms with E-state index in [0.717, 1.165) is 22.5 Å². The number of pyridine rings is 1. The van der Waals surface area contributed by atoms with Crippen molar-refractivity contribution in [3.8, 4) is 0 Å². The minimum Gasteiger partial charge on any atom is -0.370 e. The Morgan fingerprint density at radius 1 is 1.06 bits per heavy atom. The van der Waals surface area contributed by atoms with E-state index < -0.39 is 0 Å². The molecule has 4 aromatic rings. The van der Waals surface area contributed by atoms with Crippen molar-refractivity contribution in [3.63, 3.8) is 0 Å². The van der Waals surface area contributed by atoms with Crippen LogP contribution in [0.5, 0.6) is 0 Å². The van der Waals surface area contributed by atoms with Gasteiger partial charge >= 0.3 is 0 Å². The Hall–Kier alpha value is -3.98. The van der Waals surface area contributed by atoms with Crippen molar-refractivity contribution in [1.82, 2.24) is 29.8 Å². The first-order chi connectivity index (χ1) is 16.5. The summed E-state index contributed by atoms with van der Waals surface area (Å²) in [6.45, 7) is 2.87. The number of aromatic nitrogens is 4. The van der Waals surface area contributed by atoms with Crippen LogP contribution in [-0.2, 0) is 31.4 Å². The predicted octanol–water partition coefficient (Wildman–Crippen LogP) is 2.18. The van der Waals surface area contributed by atoms with Crippen molar-refractivity contribution in [1.29, 1.82) is 0 Å². The van der Waals surface area contributed by atoms with Gasteiger partial charge in [0, 0.05) is 38.3 Å². The number of carbonyl (C=O) groups is 2. The molecule has 5 rings (SSSR count). The largest absolute Gasteiger partial charge is 0.370 e. The summed E-state index contributed by atoms with van der Waals surface area (Å²) < 4.78 is 9.31. The molecule has 0 spiro atoms. The van der Waals surface area contributed by atoms with Gasteiger partial charge in [0.25, 0.3) is 11.8 Å². The van der Waals surface area contributed by atoms with Crippen molar-refractivity contribution in [2.45, 2.75) is 32.6 Å². The predicted molar refractivity (Wildman–Crippen MR) is 125 cm³/mol. The van der Waals surface area contributed by atoms with E-state index in [1.165, 1.54) is 0 Å². The lowest BCUT2D eigenvalue weighted by Crippen LogP contribution is -2.38. The summed E-state index contributed by atoms with van der Waals surface area (Å²) in [6.07, 6.45) is 2.05. The molecular weight excluding hydrogens is 432 g/mol. The van der Waals surface area contributed by atoms with Crippen LogP contribution in [0.15, 0.2) is 54.7 Å². The maximum atomic E-state index is 13.0. The van der Waals surface area contributed by atoms with Crippen LogP contribution in [-0.4, -0.2) is 43.6 Å². The van der Waals surface area contributed by atoms with E-state index in [2.05, 4.69) is 20.7 Å².